The lowest BCUT2D eigenvalue weighted by Crippen LogP contribution is -2.59. The number of aliphatic hydroxyl groups is 1. The molecule has 1 aliphatic rings. The van der Waals surface area contributed by atoms with E-state index < -0.39 is 77.2 Å². The molecule has 0 radical (unpaired) electrons. The van der Waals surface area contributed by atoms with Crippen LogP contribution in [0.25, 0.3) is 0 Å². The summed E-state index contributed by atoms with van der Waals surface area (Å²) in [7, 11) is 0. The fourth-order valence-corrected chi connectivity index (χ4v) is 5.00. The van der Waals surface area contributed by atoms with Crippen LogP contribution in [0.4, 0.5) is 4.79 Å². The Morgan fingerprint density at radius 2 is 1.51 bits per heavy atom. The highest BCUT2D eigenvalue weighted by Gasteiger charge is 2.47. The number of carbonyl (C=O) groups is 5. The molecule has 0 aliphatic carbocycles. The Morgan fingerprint density at radius 1 is 0.933 bits per heavy atom. The molecule has 1 aliphatic heterocycles. The molecule has 4 N–H and O–H groups in total. The van der Waals surface area contributed by atoms with Gasteiger partial charge in [-0.05, 0) is 59.9 Å². The summed E-state index contributed by atoms with van der Waals surface area (Å²) < 4.78 is 10.8. The number of alkyl carbamates (subject to hydrolysis) is 1. The van der Waals surface area contributed by atoms with E-state index in [9.17, 15) is 29.1 Å². The molecule has 1 saturated heterocycles. The largest absolute Gasteiger partial charge is 0.458 e. The van der Waals surface area contributed by atoms with Crippen LogP contribution < -0.4 is 16.0 Å². The molecule has 7 atom stereocenters. The van der Waals surface area contributed by atoms with Crippen LogP contribution in [-0.4, -0.2) is 87.8 Å². The molecule has 2 rings (SSSR count). The Hall–Kier alpha value is -3.67. The van der Waals surface area contributed by atoms with E-state index >= 15 is 0 Å². The Bertz CT molecular complexity index is 1190. The number of amides is 4. The highest BCUT2D eigenvalue weighted by Crippen LogP contribution is 2.26. The van der Waals surface area contributed by atoms with Crippen LogP contribution in [0.1, 0.15) is 81.2 Å². The van der Waals surface area contributed by atoms with E-state index in [1.807, 2.05) is 37.3 Å². The third-order valence-electron chi connectivity index (χ3n) is 7.56. The molecule has 45 heavy (non-hydrogen) atoms. The smallest absolute Gasteiger partial charge is 0.408 e. The van der Waals surface area contributed by atoms with Crippen LogP contribution >= 0.6 is 0 Å². The molecule has 1 fully saturated rings. The Labute approximate surface area is 267 Å². The average Bonchev–Trinajstić information content (AvgIpc) is 3.22. The quantitative estimate of drug-likeness (QED) is 0.271. The third kappa shape index (κ3) is 11.3. The predicted octanol–water partition coefficient (Wildman–Crippen LogP) is 2.71. The summed E-state index contributed by atoms with van der Waals surface area (Å²) in [4.78, 5) is 67.6. The zero-order valence-corrected chi connectivity index (χ0v) is 28.3. The van der Waals surface area contributed by atoms with Gasteiger partial charge in [-0.3, -0.25) is 14.4 Å². The molecule has 1 aromatic rings. The maximum atomic E-state index is 13.8. The highest BCUT2D eigenvalue weighted by atomic mass is 16.6. The molecule has 252 valence electrons. The minimum Gasteiger partial charge on any atom is -0.458 e. The molecule has 1 heterocycles. The summed E-state index contributed by atoms with van der Waals surface area (Å²) >= 11 is 0. The molecular formula is C33H52N4O8. The molecule has 12 nitrogen and oxygen atoms in total. The number of β-amino-alcohol motifs (C(OH)–C–C–N with tert-alkyl or cyclic N) is 1. The minimum absolute atomic E-state index is 0.129. The summed E-state index contributed by atoms with van der Waals surface area (Å²) in [5.74, 6) is -3.39. The third-order valence-corrected chi connectivity index (χ3v) is 7.56. The van der Waals surface area contributed by atoms with Gasteiger partial charge in [0.2, 0.25) is 17.7 Å². The van der Waals surface area contributed by atoms with Gasteiger partial charge >= 0.3 is 12.1 Å². The van der Waals surface area contributed by atoms with Gasteiger partial charge in [-0.1, -0.05) is 57.5 Å². The van der Waals surface area contributed by atoms with E-state index in [-0.39, 0.29) is 18.9 Å². The number of nitrogens with zero attached hydrogens (tertiary/aromatic N) is 1. The van der Waals surface area contributed by atoms with Crippen molar-refractivity contribution in [1.82, 2.24) is 20.9 Å². The van der Waals surface area contributed by atoms with Crippen molar-refractivity contribution in [3.8, 4) is 0 Å². The van der Waals surface area contributed by atoms with Crippen LogP contribution in [-0.2, 0) is 35.1 Å². The fraction of sp³-hybridized carbons (Fsp3) is 0.667. The van der Waals surface area contributed by atoms with Crippen molar-refractivity contribution in [3.63, 3.8) is 0 Å². The number of likely N-dealkylation sites (tertiary alicyclic amines) is 1. The average molecular weight is 633 g/mol. The number of esters is 1. The topological polar surface area (TPSA) is 163 Å². The molecule has 12 heteroatoms. The van der Waals surface area contributed by atoms with Crippen molar-refractivity contribution in [1.29, 1.82) is 0 Å². The number of aliphatic hydroxyl groups excluding tert-OH is 1. The van der Waals surface area contributed by atoms with E-state index in [1.54, 1.807) is 55.4 Å². The van der Waals surface area contributed by atoms with Gasteiger partial charge in [0, 0.05) is 18.9 Å². The van der Waals surface area contributed by atoms with Crippen LogP contribution in [0.5, 0.6) is 0 Å². The predicted molar refractivity (Wildman–Crippen MR) is 169 cm³/mol. The van der Waals surface area contributed by atoms with Gasteiger partial charge in [-0.2, -0.15) is 0 Å². The van der Waals surface area contributed by atoms with Gasteiger partial charge in [0.15, 0.2) is 0 Å². The van der Waals surface area contributed by atoms with Crippen molar-refractivity contribution < 1.29 is 38.6 Å². The molecule has 0 bridgehead atoms. The first-order valence-electron chi connectivity index (χ1n) is 15.6. The normalized spacial score (nSPS) is 21.1. The lowest BCUT2D eigenvalue weighted by molar-refractivity contribution is -0.158. The van der Waals surface area contributed by atoms with Crippen molar-refractivity contribution in [2.24, 2.45) is 11.8 Å². The molecule has 4 amide bonds. The minimum atomic E-state index is -1.11. The molecule has 1 aromatic carbocycles. The van der Waals surface area contributed by atoms with Gasteiger partial charge in [0.1, 0.15) is 35.4 Å². The highest BCUT2D eigenvalue weighted by molar-refractivity contribution is 5.95. The number of carbonyl (C=O) groups excluding carboxylic acids is 5. The number of benzene rings is 1. The van der Waals surface area contributed by atoms with E-state index in [0.717, 1.165) is 5.56 Å². The van der Waals surface area contributed by atoms with Crippen LogP contribution in [0.3, 0.4) is 0 Å². The summed E-state index contributed by atoms with van der Waals surface area (Å²) in [5.41, 5.74) is -0.746. The first-order valence-corrected chi connectivity index (χ1v) is 15.6. The molecular weight excluding hydrogens is 580 g/mol. The molecule has 0 saturated carbocycles. The van der Waals surface area contributed by atoms with Crippen molar-refractivity contribution in [3.05, 3.63) is 35.9 Å². The second kappa shape index (κ2) is 15.6. The zero-order valence-electron chi connectivity index (χ0n) is 28.3. The SMILES string of the molecule is CC[C@H](C)[C@H](NC(=O)[C@H]1[C@@H](C)[C@@H](O)CN1C(=O)[C@H](C)NC(=O)OC(C)(C)C)C(=O)N[C@@H](Cc1ccccc1)C(=O)OC(C)(C)C. The van der Waals surface area contributed by atoms with Crippen LogP contribution in [0.15, 0.2) is 30.3 Å². The number of rotatable bonds is 11. The van der Waals surface area contributed by atoms with Gasteiger partial charge in [-0.15, -0.1) is 0 Å². The van der Waals surface area contributed by atoms with Gasteiger partial charge in [0.05, 0.1) is 6.10 Å². The van der Waals surface area contributed by atoms with E-state index in [0.29, 0.717) is 6.42 Å². The molecule has 0 spiro atoms. The van der Waals surface area contributed by atoms with Crippen LogP contribution in [0, 0.1) is 11.8 Å². The summed E-state index contributed by atoms with van der Waals surface area (Å²) in [5, 5.41) is 18.7. The van der Waals surface area contributed by atoms with Crippen molar-refractivity contribution >= 4 is 29.8 Å². The van der Waals surface area contributed by atoms with Gasteiger partial charge in [0.25, 0.3) is 0 Å². The zero-order chi connectivity index (χ0) is 34.3. The molecule has 0 unspecified atom stereocenters. The monoisotopic (exact) mass is 632 g/mol. The fourth-order valence-electron chi connectivity index (χ4n) is 5.00. The maximum absolute atomic E-state index is 13.8. The van der Waals surface area contributed by atoms with Gasteiger partial charge in [-0.25, -0.2) is 9.59 Å². The van der Waals surface area contributed by atoms with Crippen molar-refractivity contribution in [2.45, 2.75) is 124 Å². The van der Waals surface area contributed by atoms with E-state index in [2.05, 4.69) is 16.0 Å². The second-order valence-electron chi connectivity index (χ2n) is 13.9. The lowest BCUT2D eigenvalue weighted by atomic mass is 9.95. The lowest BCUT2D eigenvalue weighted by Gasteiger charge is -2.32. The first kappa shape index (κ1) is 37.5. The molecule has 0 aromatic heterocycles. The van der Waals surface area contributed by atoms with Gasteiger partial charge < -0.3 is 35.4 Å². The standard InChI is InChI=1S/C33H52N4O8/c1-11-19(2)25(27(39)35-23(30(42)44-32(5,6)7)17-22-15-13-12-14-16-22)36-28(40)26-20(3)24(38)18-37(26)29(41)21(4)34-31(43)45-33(8,9)10/h12-16,19-21,23-26,38H,11,17-18H2,1-10H3,(H,34,43)(H,35,39)(H,36,40)/t19-,20-,21-,23-,24-,25-,26+/m0/s1. The Balaban J connectivity index is 2.28. The van der Waals surface area contributed by atoms with Crippen LogP contribution in [0.2, 0.25) is 0 Å². The van der Waals surface area contributed by atoms with E-state index in [4.69, 9.17) is 9.47 Å². The number of hydrogen-bond acceptors (Lipinski definition) is 8. The summed E-state index contributed by atoms with van der Waals surface area (Å²) in [6.45, 7) is 16.9. The maximum Gasteiger partial charge on any atom is 0.408 e. The number of ether oxygens (including phenoxy) is 2. The van der Waals surface area contributed by atoms with E-state index in [1.165, 1.54) is 11.8 Å². The van der Waals surface area contributed by atoms with Crippen molar-refractivity contribution in [2.75, 3.05) is 6.54 Å². The first-order chi connectivity index (χ1) is 20.7. The number of nitrogens with one attached hydrogen (secondary N) is 3. The number of hydrogen-bond donors (Lipinski definition) is 4. The summed E-state index contributed by atoms with van der Waals surface area (Å²) in [6.07, 6.45) is -1.09. The Morgan fingerprint density at radius 3 is 2.04 bits per heavy atom. The second-order valence-corrected chi connectivity index (χ2v) is 13.9. The Kier molecular flexibility index (Phi) is 13.0. The summed E-state index contributed by atoms with van der Waals surface area (Å²) in [6, 6.07) is 4.97.